The summed E-state index contributed by atoms with van der Waals surface area (Å²) in [5.41, 5.74) is 1.43. The number of nitrogens with zero attached hydrogens (tertiary/aromatic N) is 3. The molecule has 0 atom stereocenters. The molecule has 0 spiro atoms. The van der Waals surface area contributed by atoms with Gasteiger partial charge in [0.15, 0.2) is 0 Å². The van der Waals surface area contributed by atoms with E-state index in [1.165, 1.54) is 15.6 Å². The van der Waals surface area contributed by atoms with Crippen LogP contribution < -0.4 is 5.32 Å². The van der Waals surface area contributed by atoms with E-state index in [9.17, 15) is 13.2 Å². The van der Waals surface area contributed by atoms with Crippen LogP contribution >= 0.6 is 46.1 Å². The number of amides is 1. The van der Waals surface area contributed by atoms with Gasteiger partial charge in [-0.25, -0.2) is 12.7 Å². The van der Waals surface area contributed by atoms with Crippen LogP contribution in [0.15, 0.2) is 42.5 Å². The number of sulfonamides is 1. The Morgan fingerprint density at radius 2 is 1.73 bits per heavy atom. The first-order valence-electron chi connectivity index (χ1n) is 10.0. The Bertz CT molecular complexity index is 1260. The quantitative estimate of drug-likeness (QED) is 0.451. The molecule has 1 fully saturated rings. The number of aromatic nitrogens is 2. The molecular weight excluding hydrogens is 527 g/mol. The molecule has 0 unspecified atom stereocenters. The van der Waals surface area contributed by atoms with E-state index in [-0.39, 0.29) is 30.7 Å². The molecule has 1 saturated heterocycles. The van der Waals surface area contributed by atoms with Crippen molar-refractivity contribution < 1.29 is 13.2 Å². The molecule has 0 radical (unpaired) electrons. The number of piperidine rings is 1. The molecule has 1 N–H and O–H groups in total. The van der Waals surface area contributed by atoms with Gasteiger partial charge < -0.3 is 5.32 Å². The highest BCUT2D eigenvalue weighted by Crippen LogP contribution is 2.29. The lowest BCUT2D eigenvalue weighted by molar-refractivity contribution is -0.120. The van der Waals surface area contributed by atoms with Crippen molar-refractivity contribution in [2.24, 2.45) is 5.92 Å². The van der Waals surface area contributed by atoms with Crippen LogP contribution in [0.5, 0.6) is 0 Å². The first kappa shape index (κ1) is 24.4. The van der Waals surface area contributed by atoms with Gasteiger partial charge in [0.2, 0.25) is 21.1 Å². The highest BCUT2D eigenvalue weighted by molar-refractivity contribution is 7.88. The van der Waals surface area contributed by atoms with Gasteiger partial charge in [-0.15, -0.1) is 10.2 Å². The molecule has 3 aromatic rings. The molecule has 2 heterocycles. The number of carbonyl (C=O) groups is 1. The van der Waals surface area contributed by atoms with Crippen molar-refractivity contribution in [1.82, 2.24) is 14.5 Å². The summed E-state index contributed by atoms with van der Waals surface area (Å²) < 4.78 is 27.0. The van der Waals surface area contributed by atoms with Crippen LogP contribution in [0.3, 0.4) is 0 Å². The van der Waals surface area contributed by atoms with Crippen LogP contribution in [-0.4, -0.2) is 41.9 Å². The summed E-state index contributed by atoms with van der Waals surface area (Å²) in [6.07, 6.45) is 0.852. The van der Waals surface area contributed by atoms with E-state index in [2.05, 4.69) is 15.5 Å². The standard InChI is InChI=1S/C21H19Cl3N4O3S2/c22-16-4-2-15(3-5-16)20-26-27-21(32-20)25-19(29)14-7-9-28(10-8-14)33(30,31)12-13-1-6-17(23)18(24)11-13/h1-6,11,14H,7-10,12H2,(H,25,27,29). The summed E-state index contributed by atoms with van der Waals surface area (Å²) in [6.45, 7) is 0.543. The molecule has 1 aromatic heterocycles. The Hall–Kier alpha value is -1.75. The zero-order valence-corrected chi connectivity index (χ0v) is 21.1. The zero-order chi connectivity index (χ0) is 23.6. The van der Waals surface area contributed by atoms with Crippen molar-refractivity contribution in [3.63, 3.8) is 0 Å². The predicted molar refractivity (Wildman–Crippen MR) is 132 cm³/mol. The molecule has 1 aliphatic heterocycles. The van der Waals surface area contributed by atoms with Crippen molar-refractivity contribution in [3.05, 3.63) is 63.1 Å². The molecule has 2 aromatic carbocycles. The van der Waals surface area contributed by atoms with Gasteiger partial charge in [0.05, 0.1) is 15.8 Å². The normalized spacial score (nSPS) is 15.5. The van der Waals surface area contributed by atoms with E-state index in [0.717, 1.165) is 5.56 Å². The van der Waals surface area contributed by atoms with Gasteiger partial charge in [-0.3, -0.25) is 4.79 Å². The maximum Gasteiger partial charge on any atom is 0.229 e. The number of hydrogen-bond donors (Lipinski definition) is 1. The van der Waals surface area contributed by atoms with Crippen LogP contribution in [-0.2, 0) is 20.6 Å². The fourth-order valence-electron chi connectivity index (χ4n) is 3.52. The minimum Gasteiger partial charge on any atom is -0.300 e. The average Bonchev–Trinajstić information content (AvgIpc) is 3.25. The molecule has 4 rings (SSSR count). The van der Waals surface area contributed by atoms with Crippen LogP contribution in [0.25, 0.3) is 10.6 Å². The van der Waals surface area contributed by atoms with Crippen LogP contribution in [0.4, 0.5) is 5.13 Å². The predicted octanol–water partition coefficient (Wildman–Crippen LogP) is 5.35. The number of benzene rings is 2. The van der Waals surface area contributed by atoms with Crippen molar-refractivity contribution in [3.8, 4) is 10.6 Å². The third kappa shape index (κ3) is 6.03. The number of halogens is 3. The van der Waals surface area contributed by atoms with Gasteiger partial charge in [0.1, 0.15) is 5.01 Å². The Balaban J connectivity index is 1.32. The summed E-state index contributed by atoms with van der Waals surface area (Å²) in [5, 5.41) is 13.4. The lowest BCUT2D eigenvalue weighted by Crippen LogP contribution is -2.41. The highest BCUT2D eigenvalue weighted by atomic mass is 35.5. The number of hydrogen-bond acceptors (Lipinski definition) is 6. The summed E-state index contributed by atoms with van der Waals surface area (Å²) in [5.74, 6) is -0.654. The monoisotopic (exact) mass is 544 g/mol. The SMILES string of the molecule is O=C(Nc1nnc(-c2ccc(Cl)cc2)s1)C1CCN(S(=O)(=O)Cc2ccc(Cl)c(Cl)c2)CC1. The maximum atomic E-state index is 12.8. The minimum absolute atomic E-state index is 0.168. The van der Waals surface area contributed by atoms with E-state index >= 15 is 0 Å². The zero-order valence-electron chi connectivity index (χ0n) is 17.2. The molecule has 0 bridgehead atoms. The minimum atomic E-state index is -3.53. The fraction of sp³-hybridized carbons (Fsp3) is 0.286. The Morgan fingerprint density at radius 1 is 1.03 bits per heavy atom. The highest BCUT2D eigenvalue weighted by Gasteiger charge is 2.31. The third-order valence-electron chi connectivity index (χ3n) is 5.30. The Labute approximate surface area is 210 Å². The second-order valence-electron chi connectivity index (χ2n) is 7.59. The van der Waals surface area contributed by atoms with Crippen LogP contribution in [0.2, 0.25) is 15.1 Å². The molecule has 0 saturated carbocycles. The molecule has 33 heavy (non-hydrogen) atoms. The lowest BCUT2D eigenvalue weighted by Gasteiger charge is -2.30. The summed E-state index contributed by atoms with van der Waals surface area (Å²) in [7, 11) is -3.53. The van der Waals surface area contributed by atoms with Crippen LogP contribution in [0.1, 0.15) is 18.4 Å². The molecular formula is C21H19Cl3N4O3S2. The first-order chi connectivity index (χ1) is 15.7. The van der Waals surface area contributed by atoms with Gasteiger partial charge in [0.25, 0.3) is 0 Å². The number of rotatable bonds is 6. The van der Waals surface area contributed by atoms with E-state index in [1.54, 1.807) is 30.3 Å². The van der Waals surface area contributed by atoms with Gasteiger partial charge in [-0.2, -0.15) is 0 Å². The molecule has 174 valence electrons. The van der Waals surface area contributed by atoms with Crippen LogP contribution in [0, 0.1) is 5.92 Å². The molecule has 1 amide bonds. The summed E-state index contributed by atoms with van der Waals surface area (Å²) in [6, 6.07) is 12.0. The first-order valence-corrected chi connectivity index (χ1v) is 13.6. The second-order valence-corrected chi connectivity index (χ2v) is 11.8. The molecule has 12 heteroatoms. The molecule has 7 nitrogen and oxygen atoms in total. The van der Waals surface area contributed by atoms with E-state index in [0.29, 0.717) is 43.6 Å². The maximum absolute atomic E-state index is 12.8. The van der Waals surface area contributed by atoms with Gasteiger partial charge in [-0.05, 0) is 42.7 Å². The van der Waals surface area contributed by atoms with Gasteiger partial charge in [0, 0.05) is 29.6 Å². The largest absolute Gasteiger partial charge is 0.300 e. The van der Waals surface area contributed by atoms with E-state index in [1.807, 2.05) is 12.1 Å². The fourth-order valence-corrected chi connectivity index (χ4v) is 6.27. The summed E-state index contributed by atoms with van der Waals surface area (Å²) >= 11 is 19.1. The smallest absolute Gasteiger partial charge is 0.229 e. The van der Waals surface area contributed by atoms with Crippen molar-refractivity contribution >= 4 is 67.2 Å². The Kier molecular flexibility index (Phi) is 7.57. The molecule has 0 aliphatic carbocycles. The van der Waals surface area contributed by atoms with E-state index in [4.69, 9.17) is 34.8 Å². The lowest BCUT2D eigenvalue weighted by atomic mass is 9.97. The van der Waals surface area contributed by atoms with Gasteiger partial charge in [-0.1, -0.05) is 64.3 Å². The second kappa shape index (κ2) is 10.2. The summed E-state index contributed by atoms with van der Waals surface area (Å²) in [4.78, 5) is 12.7. The van der Waals surface area contributed by atoms with Crippen molar-refractivity contribution in [2.45, 2.75) is 18.6 Å². The Morgan fingerprint density at radius 3 is 2.39 bits per heavy atom. The number of nitrogens with one attached hydrogen (secondary N) is 1. The third-order valence-corrected chi connectivity index (χ3v) is 9.03. The van der Waals surface area contributed by atoms with E-state index < -0.39 is 10.0 Å². The number of anilines is 1. The van der Waals surface area contributed by atoms with Gasteiger partial charge >= 0.3 is 0 Å². The van der Waals surface area contributed by atoms with Crippen molar-refractivity contribution in [2.75, 3.05) is 18.4 Å². The molecule has 1 aliphatic rings. The number of carbonyl (C=O) groups excluding carboxylic acids is 1. The average molecular weight is 546 g/mol. The topological polar surface area (TPSA) is 92.3 Å². The van der Waals surface area contributed by atoms with Crippen molar-refractivity contribution in [1.29, 1.82) is 0 Å².